The maximum absolute atomic E-state index is 13.1. The number of benzene rings is 1. The summed E-state index contributed by atoms with van der Waals surface area (Å²) in [4.78, 5) is 22.2. The van der Waals surface area contributed by atoms with Gasteiger partial charge in [-0.15, -0.1) is 0 Å². The minimum atomic E-state index is -1.03. The van der Waals surface area contributed by atoms with Crippen LogP contribution in [0.1, 0.15) is 68.7 Å². The first-order valence-electron chi connectivity index (χ1n) is 11.8. The third kappa shape index (κ3) is 3.89. The van der Waals surface area contributed by atoms with E-state index < -0.39 is 17.2 Å². The van der Waals surface area contributed by atoms with Crippen molar-refractivity contribution in [2.45, 2.75) is 70.4 Å². The average Bonchev–Trinajstić information content (AvgIpc) is 3.16. The maximum Gasteiger partial charge on any atom is 0.270 e. The first-order valence-corrected chi connectivity index (χ1v) is 11.8. The molecular formula is C26H29N5O2. The molecular weight excluding hydrogens is 414 g/mol. The number of aryl methyl sites for hydroxylation is 1. The highest BCUT2D eigenvalue weighted by molar-refractivity contribution is 5.77. The molecule has 2 aliphatic rings. The quantitative estimate of drug-likeness (QED) is 0.619. The Bertz CT molecular complexity index is 1320. The molecule has 1 fully saturated rings. The lowest BCUT2D eigenvalue weighted by molar-refractivity contribution is 0.0266. The van der Waals surface area contributed by atoms with E-state index in [2.05, 4.69) is 40.4 Å². The van der Waals surface area contributed by atoms with Gasteiger partial charge in [-0.25, -0.2) is 4.98 Å². The summed E-state index contributed by atoms with van der Waals surface area (Å²) in [6, 6.07) is 9.49. The molecule has 7 nitrogen and oxygen atoms in total. The fourth-order valence-corrected chi connectivity index (χ4v) is 5.47. The van der Waals surface area contributed by atoms with Crippen molar-refractivity contribution in [2.24, 2.45) is 5.92 Å². The molecule has 1 aromatic carbocycles. The van der Waals surface area contributed by atoms with Gasteiger partial charge in [-0.2, -0.15) is 10.2 Å². The van der Waals surface area contributed by atoms with E-state index in [1.165, 1.54) is 34.6 Å². The van der Waals surface area contributed by atoms with Crippen molar-refractivity contribution in [3.63, 3.8) is 0 Å². The van der Waals surface area contributed by atoms with Crippen LogP contribution in [0.5, 0.6) is 0 Å². The van der Waals surface area contributed by atoms with Crippen LogP contribution < -0.4 is 10.9 Å². The van der Waals surface area contributed by atoms with E-state index in [-0.39, 0.29) is 5.56 Å². The predicted molar refractivity (Wildman–Crippen MR) is 128 cm³/mol. The van der Waals surface area contributed by atoms with Crippen LogP contribution in [0.3, 0.4) is 0 Å². The number of hydrogen-bond donors (Lipinski definition) is 2. The summed E-state index contributed by atoms with van der Waals surface area (Å²) < 4.78 is 1.51. The molecule has 2 N–H and O–H groups in total. The third-order valence-corrected chi connectivity index (χ3v) is 7.45. The van der Waals surface area contributed by atoms with Crippen LogP contribution in [0.25, 0.3) is 11.0 Å². The predicted octanol–water partition coefficient (Wildman–Crippen LogP) is 4.40. The standard InChI is InChI=1S/C26H29N5O2/c1-3-16-6-7-18-13-21(9-8-17(18)11-16)29-25-28-15-20-12-19(14-27)24(32)31(23(20)30-25)22-5-4-10-26(22,2)33/h8-9,12-13,15-16,22,33H,3-7,10-11H2,1-2H3,(H,28,29,30). The SMILES string of the molecule is CCC1CCc2cc(Nc3ncc4cc(C#N)c(=O)n(C5CCCC5(C)O)c4n3)ccc2C1. The Hall–Kier alpha value is -3.24. The third-order valence-electron chi connectivity index (χ3n) is 7.45. The second-order valence-electron chi connectivity index (χ2n) is 9.71. The first kappa shape index (κ1) is 21.6. The molecule has 33 heavy (non-hydrogen) atoms. The molecule has 0 aliphatic heterocycles. The number of nitrogens with one attached hydrogen (secondary N) is 1. The zero-order valence-electron chi connectivity index (χ0n) is 19.1. The minimum absolute atomic E-state index is 0.0366. The zero-order valence-corrected chi connectivity index (χ0v) is 19.1. The van der Waals surface area contributed by atoms with Crippen molar-refractivity contribution in [2.75, 3.05) is 5.32 Å². The van der Waals surface area contributed by atoms with Gasteiger partial charge in [-0.1, -0.05) is 19.4 Å². The van der Waals surface area contributed by atoms with Gasteiger partial charge in [-0.3, -0.25) is 9.36 Å². The Balaban J connectivity index is 1.54. The maximum atomic E-state index is 13.1. The number of pyridine rings is 1. The van der Waals surface area contributed by atoms with E-state index in [9.17, 15) is 15.2 Å². The molecule has 0 saturated heterocycles. The van der Waals surface area contributed by atoms with Gasteiger partial charge < -0.3 is 10.4 Å². The molecule has 2 heterocycles. The molecule has 0 amide bonds. The number of aromatic nitrogens is 3. The summed E-state index contributed by atoms with van der Waals surface area (Å²) in [5.74, 6) is 1.16. The topological polar surface area (TPSA) is 104 Å². The Kier molecular flexibility index (Phi) is 5.41. The van der Waals surface area contributed by atoms with E-state index in [4.69, 9.17) is 0 Å². The number of nitriles is 1. The molecule has 3 aromatic rings. The van der Waals surface area contributed by atoms with Gasteiger partial charge in [0.05, 0.1) is 11.6 Å². The monoisotopic (exact) mass is 443 g/mol. The van der Waals surface area contributed by atoms with Crippen molar-refractivity contribution in [1.29, 1.82) is 5.26 Å². The van der Waals surface area contributed by atoms with Crippen molar-refractivity contribution >= 4 is 22.7 Å². The van der Waals surface area contributed by atoms with Crippen LogP contribution in [0, 0.1) is 17.2 Å². The number of hydrogen-bond acceptors (Lipinski definition) is 6. The van der Waals surface area contributed by atoms with E-state index in [0.717, 1.165) is 30.9 Å². The summed E-state index contributed by atoms with van der Waals surface area (Å²) in [6.07, 6.45) is 8.35. The summed E-state index contributed by atoms with van der Waals surface area (Å²) in [7, 11) is 0. The molecule has 1 saturated carbocycles. The van der Waals surface area contributed by atoms with Gasteiger partial charge in [-0.05, 0) is 80.7 Å². The normalized spacial score (nSPS) is 24.4. The van der Waals surface area contributed by atoms with Crippen LogP contribution >= 0.6 is 0 Å². The van der Waals surface area contributed by atoms with E-state index >= 15 is 0 Å². The smallest absolute Gasteiger partial charge is 0.270 e. The molecule has 2 aromatic heterocycles. The number of aliphatic hydroxyl groups is 1. The highest BCUT2D eigenvalue weighted by Crippen LogP contribution is 2.39. The molecule has 2 aliphatic carbocycles. The lowest BCUT2D eigenvalue weighted by Gasteiger charge is -2.28. The Morgan fingerprint density at radius 2 is 2.15 bits per heavy atom. The van der Waals surface area contributed by atoms with E-state index in [0.29, 0.717) is 29.8 Å². The van der Waals surface area contributed by atoms with Crippen molar-refractivity contribution in [3.8, 4) is 6.07 Å². The van der Waals surface area contributed by atoms with Crippen molar-refractivity contribution in [3.05, 3.63) is 57.5 Å². The number of rotatable bonds is 4. The molecule has 170 valence electrons. The highest BCUT2D eigenvalue weighted by atomic mass is 16.3. The second-order valence-corrected chi connectivity index (χ2v) is 9.71. The minimum Gasteiger partial charge on any atom is -0.388 e. The number of fused-ring (bicyclic) bond motifs is 2. The van der Waals surface area contributed by atoms with E-state index in [1.807, 2.05) is 6.07 Å². The van der Waals surface area contributed by atoms with Crippen LogP contribution in [-0.4, -0.2) is 25.2 Å². The van der Waals surface area contributed by atoms with Crippen LogP contribution in [0.2, 0.25) is 0 Å². The van der Waals surface area contributed by atoms with Crippen LogP contribution in [0.4, 0.5) is 11.6 Å². The van der Waals surface area contributed by atoms with Gasteiger partial charge in [0.15, 0.2) is 0 Å². The van der Waals surface area contributed by atoms with Gasteiger partial charge in [0, 0.05) is 17.3 Å². The van der Waals surface area contributed by atoms with E-state index in [1.54, 1.807) is 13.1 Å². The molecule has 3 atom stereocenters. The second kappa shape index (κ2) is 8.27. The number of nitrogens with zero attached hydrogens (tertiary/aromatic N) is 4. The largest absolute Gasteiger partial charge is 0.388 e. The van der Waals surface area contributed by atoms with Crippen LogP contribution in [-0.2, 0) is 12.8 Å². The molecule has 5 rings (SSSR count). The van der Waals surface area contributed by atoms with Gasteiger partial charge >= 0.3 is 0 Å². The summed E-state index contributed by atoms with van der Waals surface area (Å²) in [5, 5.41) is 24.3. The van der Waals surface area contributed by atoms with Gasteiger partial charge in [0.1, 0.15) is 17.3 Å². The Morgan fingerprint density at radius 1 is 1.30 bits per heavy atom. The lowest BCUT2D eigenvalue weighted by Crippen LogP contribution is -2.38. The van der Waals surface area contributed by atoms with Gasteiger partial charge in [0.2, 0.25) is 5.95 Å². The van der Waals surface area contributed by atoms with Crippen LogP contribution in [0.15, 0.2) is 35.3 Å². The lowest BCUT2D eigenvalue weighted by atomic mass is 9.82. The number of anilines is 2. The molecule has 0 bridgehead atoms. The molecule has 0 radical (unpaired) electrons. The van der Waals surface area contributed by atoms with Crippen molar-refractivity contribution < 1.29 is 5.11 Å². The fraction of sp³-hybridized carbons (Fsp3) is 0.462. The molecule has 0 spiro atoms. The van der Waals surface area contributed by atoms with Gasteiger partial charge in [0.25, 0.3) is 5.56 Å². The Morgan fingerprint density at radius 3 is 2.88 bits per heavy atom. The molecule has 3 unspecified atom stereocenters. The van der Waals surface area contributed by atoms with Crippen molar-refractivity contribution in [1.82, 2.24) is 14.5 Å². The average molecular weight is 444 g/mol. The summed E-state index contributed by atoms with van der Waals surface area (Å²) >= 11 is 0. The Labute approximate surface area is 193 Å². The fourth-order valence-electron chi connectivity index (χ4n) is 5.47. The zero-order chi connectivity index (χ0) is 23.2. The highest BCUT2D eigenvalue weighted by Gasteiger charge is 2.39. The summed E-state index contributed by atoms with van der Waals surface area (Å²) in [6.45, 7) is 4.01. The summed E-state index contributed by atoms with van der Waals surface area (Å²) in [5.41, 5.74) is 2.72. The molecule has 7 heteroatoms. The first-order chi connectivity index (χ1) is 15.9.